The topological polar surface area (TPSA) is 48.3 Å². The van der Waals surface area contributed by atoms with Crippen molar-refractivity contribution in [3.05, 3.63) is 60.2 Å². The minimum Gasteiger partial charge on any atom is -0.492 e. The van der Waals surface area contributed by atoms with E-state index in [-0.39, 0.29) is 0 Å². The van der Waals surface area contributed by atoms with Crippen molar-refractivity contribution in [1.29, 1.82) is 5.26 Å². The molecule has 0 aliphatic carbocycles. The van der Waals surface area contributed by atoms with E-state index in [0.29, 0.717) is 11.7 Å². The molecule has 4 nitrogen and oxygen atoms in total. The number of nitrogens with zero attached hydrogens (tertiary/aromatic N) is 2. The van der Waals surface area contributed by atoms with Crippen LogP contribution < -0.4 is 10.1 Å². The molecule has 0 radical (unpaired) electrons. The predicted molar refractivity (Wildman–Crippen MR) is 108 cm³/mol. The first kappa shape index (κ1) is 18.2. The van der Waals surface area contributed by atoms with Crippen molar-refractivity contribution in [1.82, 2.24) is 4.90 Å². The average Bonchev–Trinajstić information content (AvgIpc) is 2.70. The van der Waals surface area contributed by atoms with Crippen LogP contribution in [-0.4, -0.2) is 29.7 Å². The molecule has 2 aromatic carbocycles. The lowest BCUT2D eigenvalue weighted by atomic mass is 9.74. The third-order valence-corrected chi connectivity index (χ3v) is 5.23. The number of hydrogen-bond acceptors (Lipinski definition) is 3. The highest BCUT2D eigenvalue weighted by Gasteiger charge is 2.37. The molecule has 0 saturated carbocycles. The molecule has 26 heavy (non-hydrogen) atoms. The molecule has 1 N–H and O–H groups in total. The van der Waals surface area contributed by atoms with Crippen molar-refractivity contribution < 1.29 is 4.74 Å². The Bertz CT molecular complexity index is 792. The molecule has 0 aromatic heterocycles. The van der Waals surface area contributed by atoms with E-state index < -0.39 is 5.41 Å². The molecule has 0 spiro atoms. The van der Waals surface area contributed by atoms with Crippen LogP contribution >= 0.6 is 12.2 Å². The van der Waals surface area contributed by atoms with Crippen LogP contribution in [0.4, 0.5) is 5.69 Å². The van der Waals surface area contributed by atoms with Crippen molar-refractivity contribution in [3.63, 3.8) is 0 Å². The van der Waals surface area contributed by atoms with Crippen LogP contribution in [0.1, 0.15) is 25.3 Å². The fourth-order valence-corrected chi connectivity index (χ4v) is 3.65. The van der Waals surface area contributed by atoms with E-state index in [9.17, 15) is 5.26 Å². The quantitative estimate of drug-likeness (QED) is 0.817. The van der Waals surface area contributed by atoms with Crippen LogP contribution in [0, 0.1) is 11.3 Å². The van der Waals surface area contributed by atoms with Gasteiger partial charge in [-0.2, -0.15) is 5.26 Å². The number of anilines is 1. The highest BCUT2D eigenvalue weighted by Crippen LogP contribution is 2.35. The van der Waals surface area contributed by atoms with Crippen LogP contribution in [0.5, 0.6) is 5.75 Å². The minimum absolute atomic E-state index is 0.420. The largest absolute Gasteiger partial charge is 0.492 e. The molecule has 2 aromatic rings. The highest BCUT2D eigenvalue weighted by molar-refractivity contribution is 7.80. The smallest absolute Gasteiger partial charge is 0.173 e. The first-order valence-corrected chi connectivity index (χ1v) is 9.34. The maximum Gasteiger partial charge on any atom is 0.173 e. The number of rotatable bonds is 4. The first-order valence-electron chi connectivity index (χ1n) is 8.93. The number of benzene rings is 2. The van der Waals surface area contributed by atoms with Crippen LogP contribution in [0.3, 0.4) is 0 Å². The third kappa shape index (κ3) is 3.81. The first-order chi connectivity index (χ1) is 12.7. The van der Waals surface area contributed by atoms with E-state index in [1.165, 1.54) is 0 Å². The van der Waals surface area contributed by atoms with Gasteiger partial charge in [0.15, 0.2) is 5.11 Å². The van der Waals surface area contributed by atoms with Gasteiger partial charge < -0.3 is 15.0 Å². The Morgan fingerprint density at radius 2 is 1.81 bits per heavy atom. The van der Waals surface area contributed by atoms with Gasteiger partial charge in [0.2, 0.25) is 0 Å². The molecule has 134 valence electrons. The van der Waals surface area contributed by atoms with E-state index >= 15 is 0 Å². The summed E-state index contributed by atoms with van der Waals surface area (Å²) in [5.41, 5.74) is 1.55. The Morgan fingerprint density at radius 1 is 1.15 bits per heavy atom. The van der Waals surface area contributed by atoms with Gasteiger partial charge in [-0.3, -0.25) is 0 Å². The Hall–Kier alpha value is -2.58. The van der Waals surface area contributed by atoms with Crippen LogP contribution in [0.2, 0.25) is 0 Å². The second-order valence-corrected chi connectivity index (χ2v) is 6.79. The lowest BCUT2D eigenvalue weighted by molar-refractivity contribution is 0.272. The molecule has 1 heterocycles. The van der Waals surface area contributed by atoms with E-state index in [0.717, 1.165) is 42.9 Å². The summed E-state index contributed by atoms with van der Waals surface area (Å²) in [7, 11) is 0. The molecular weight excluding hydrogens is 342 g/mol. The van der Waals surface area contributed by atoms with Gasteiger partial charge in [-0.25, -0.2) is 0 Å². The van der Waals surface area contributed by atoms with E-state index in [1.807, 2.05) is 61.5 Å². The van der Waals surface area contributed by atoms with Crippen molar-refractivity contribution >= 4 is 23.0 Å². The fourth-order valence-electron chi connectivity index (χ4n) is 3.36. The third-order valence-electron chi connectivity index (χ3n) is 4.87. The summed E-state index contributed by atoms with van der Waals surface area (Å²) in [6, 6.07) is 20.4. The molecule has 1 fully saturated rings. The zero-order chi connectivity index (χ0) is 18.4. The molecule has 0 unspecified atom stereocenters. The predicted octanol–water partition coefficient (Wildman–Crippen LogP) is 4.34. The van der Waals surface area contributed by atoms with Gasteiger partial charge in [0.1, 0.15) is 5.75 Å². The second-order valence-electron chi connectivity index (χ2n) is 6.41. The monoisotopic (exact) mass is 365 g/mol. The van der Waals surface area contributed by atoms with Crippen LogP contribution in [0.25, 0.3) is 0 Å². The van der Waals surface area contributed by atoms with Gasteiger partial charge in [-0.05, 0) is 49.7 Å². The number of piperidine rings is 1. The van der Waals surface area contributed by atoms with E-state index in [2.05, 4.69) is 16.3 Å². The standard InChI is InChI=1S/C21H23N3OS/c1-2-25-19-11-7-6-10-18(19)23-20(26)24-14-12-21(16-22,13-15-24)17-8-4-3-5-9-17/h3-11H,2,12-15H2,1H3,(H,23,26). The minimum atomic E-state index is -0.420. The zero-order valence-electron chi connectivity index (χ0n) is 14.9. The Labute approximate surface area is 160 Å². The van der Waals surface area contributed by atoms with E-state index in [1.54, 1.807) is 0 Å². The summed E-state index contributed by atoms with van der Waals surface area (Å²) >= 11 is 5.60. The molecule has 5 heteroatoms. The SMILES string of the molecule is CCOc1ccccc1NC(=S)N1CCC(C#N)(c2ccccc2)CC1. The maximum atomic E-state index is 9.82. The molecule has 1 saturated heterocycles. The summed E-state index contributed by atoms with van der Waals surface area (Å²) < 4.78 is 5.65. The van der Waals surface area contributed by atoms with Crippen LogP contribution in [-0.2, 0) is 5.41 Å². The fraction of sp³-hybridized carbons (Fsp3) is 0.333. The summed E-state index contributed by atoms with van der Waals surface area (Å²) in [6.07, 6.45) is 1.53. The lowest BCUT2D eigenvalue weighted by Crippen LogP contribution is -2.46. The summed E-state index contributed by atoms with van der Waals surface area (Å²) in [6.45, 7) is 4.08. The maximum absolute atomic E-state index is 9.82. The normalized spacial score (nSPS) is 15.8. The van der Waals surface area contributed by atoms with Crippen molar-refractivity contribution in [2.24, 2.45) is 0 Å². The molecule has 1 aliphatic rings. The van der Waals surface area contributed by atoms with Crippen LogP contribution in [0.15, 0.2) is 54.6 Å². The molecular formula is C21H23N3OS. The van der Waals surface area contributed by atoms with Crippen molar-refractivity contribution in [2.45, 2.75) is 25.2 Å². The summed E-state index contributed by atoms with van der Waals surface area (Å²) in [5, 5.41) is 13.8. The summed E-state index contributed by atoms with van der Waals surface area (Å²) in [5.74, 6) is 0.796. The number of para-hydroxylation sites is 2. The molecule has 0 amide bonds. The second kappa shape index (κ2) is 8.20. The number of nitriles is 1. The molecule has 3 rings (SSSR count). The number of thiocarbonyl (C=S) groups is 1. The number of nitrogens with one attached hydrogen (secondary N) is 1. The molecule has 1 aliphatic heterocycles. The van der Waals surface area contributed by atoms with Gasteiger partial charge in [0.05, 0.1) is 23.8 Å². The molecule has 0 bridgehead atoms. The lowest BCUT2D eigenvalue weighted by Gasteiger charge is -2.38. The Balaban J connectivity index is 1.67. The van der Waals surface area contributed by atoms with Crippen molar-refractivity contribution in [3.8, 4) is 11.8 Å². The Kier molecular flexibility index (Phi) is 5.75. The van der Waals surface area contributed by atoms with E-state index in [4.69, 9.17) is 17.0 Å². The average molecular weight is 366 g/mol. The highest BCUT2D eigenvalue weighted by atomic mass is 32.1. The van der Waals surface area contributed by atoms with Crippen molar-refractivity contribution in [2.75, 3.05) is 25.0 Å². The number of likely N-dealkylation sites (tertiary alicyclic amines) is 1. The van der Waals surface area contributed by atoms with Gasteiger partial charge in [0.25, 0.3) is 0 Å². The summed E-state index contributed by atoms with van der Waals surface area (Å²) in [4.78, 5) is 2.14. The number of ether oxygens (including phenoxy) is 1. The number of hydrogen-bond donors (Lipinski definition) is 1. The van der Waals surface area contributed by atoms with Gasteiger partial charge in [-0.1, -0.05) is 42.5 Å². The zero-order valence-corrected chi connectivity index (χ0v) is 15.8. The van der Waals surface area contributed by atoms with Gasteiger partial charge >= 0.3 is 0 Å². The van der Waals surface area contributed by atoms with Gasteiger partial charge in [-0.15, -0.1) is 0 Å². The van der Waals surface area contributed by atoms with Gasteiger partial charge in [0, 0.05) is 13.1 Å². The molecule has 0 atom stereocenters. The Morgan fingerprint density at radius 3 is 2.46 bits per heavy atom.